The lowest BCUT2D eigenvalue weighted by molar-refractivity contribution is 1.55. The lowest BCUT2D eigenvalue weighted by Crippen LogP contribution is -1.64. The minimum Gasteiger partial charge on any atom is -0.113 e. The molecule has 0 fully saturated rings. The SMILES string of the molecule is ClCC#CCC#CCCl. The predicted molar refractivity (Wildman–Crippen MR) is 41.6 cm³/mol. The molecular weight excluding hydrogens is 155 g/mol. The number of hydrogen-bond donors (Lipinski definition) is 0. The highest BCUT2D eigenvalue weighted by molar-refractivity contribution is 6.19. The fourth-order valence-corrected chi connectivity index (χ4v) is 0.453. The number of halogens is 2. The van der Waals surface area contributed by atoms with Gasteiger partial charge in [-0.1, -0.05) is 23.7 Å². The maximum Gasteiger partial charge on any atom is 0.0835 e. The van der Waals surface area contributed by atoms with E-state index in [2.05, 4.69) is 23.7 Å². The van der Waals surface area contributed by atoms with Crippen molar-refractivity contribution in [2.24, 2.45) is 0 Å². The first-order valence-corrected chi connectivity index (χ1v) is 3.52. The van der Waals surface area contributed by atoms with Crippen molar-refractivity contribution >= 4 is 23.2 Å². The van der Waals surface area contributed by atoms with Crippen LogP contribution < -0.4 is 0 Å². The van der Waals surface area contributed by atoms with Gasteiger partial charge in [-0.2, -0.15) is 0 Å². The van der Waals surface area contributed by atoms with E-state index >= 15 is 0 Å². The van der Waals surface area contributed by atoms with Crippen molar-refractivity contribution in [1.29, 1.82) is 0 Å². The summed E-state index contributed by atoms with van der Waals surface area (Å²) in [5, 5.41) is 0. The van der Waals surface area contributed by atoms with Crippen LogP contribution in [0.5, 0.6) is 0 Å². The first kappa shape index (κ1) is 8.70. The lowest BCUT2D eigenvalue weighted by atomic mass is 10.4. The Labute approximate surface area is 65.5 Å². The summed E-state index contributed by atoms with van der Waals surface area (Å²) in [4.78, 5) is 0. The summed E-state index contributed by atoms with van der Waals surface area (Å²) in [6.45, 7) is 0. The molecule has 0 aromatic rings. The first-order valence-electron chi connectivity index (χ1n) is 2.45. The van der Waals surface area contributed by atoms with Crippen LogP contribution in [0.15, 0.2) is 0 Å². The van der Waals surface area contributed by atoms with E-state index in [0.717, 1.165) is 0 Å². The van der Waals surface area contributed by atoms with Gasteiger partial charge in [0, 0.05) is 0 Å². The Hall–Kier alpha value is -0.300. The first-order chi connectivity index (χ1) is 4.41. The minimum atomic E-state index is 0.378. The fraction of sp³-hybridized carbons (Fsp3) is 0.429. The molecule has 48 valence electrons. The zero-order chi connectivity index (χ0) is 6.95. The minimum absolute atomic E-state index is 0.378. The van der Waals surface area contributed by atoms with Crippen LogP contribution in [0, 0.1) is 23.7 Å². The molecule has 0 saturated carbocycles. The summed E-state index contributed by atoms with van der Waals surface area (Å²) in [6, 6.07) is 0. The van der Waals surface area contributed by atoms with E-state index in [-0.39, 0.29) is 0 Å². The molecule has 0 unspecified atom stereocenters. The average molecular weight is 161 g/mol. The molecule has 0 bridgehead atoms. The van der Waals surface area contributed by atoms with E-state index in [1.165, 1.54) is 0 Å². The molecule has 0 rings (SSSR count). The van der Waals surface area contributed by atoms with Gasteiger partial charge >= 0.3 is 0 Å². The number of rotatable bonds is 0. The molecule has 0 atom stereocenters. The standard InChI is InChI=1S/C7H6Cl2/c8-6-4-2-1-3-5-7-9/h1,6-7H2. The summed E-state index contributed by atoms with van der Waals surface area (Å²) in [5.41, 5.74) is 0. The molecule has 0 aliphatic heterocycles. The van der Waals surface area contributed by atoms with Crippen molar-refractivity contribution in [1.82, 2.24) is 0 Å². The fourth-order valence-electron chi connectivity index (χ4n) is 0.264. The molecule has 0 nitrogen and oxygen atoms in total. The maximum absolute atomic E-state index is 5.27. The van der Waals surface area contributed by atoms with Crippen LogP contribution >= 0.6 is 23.2 Å². The van der Waals surface area contributed by atoms with Crippen molar-refractivity contribution in [3.05, 3.63) is 0 Å². The summed E-state index contributed by atoms with van der Waals surface area (Å²) < 4.78 is 0. The Morgan fingerprint density at radius 2 is 1.22 bits per heavy atom. The Bertz CT molecular complexity index is 143. The molecule has 2 heteroatoms. The molecule has 0 saturated heterocycles. The van der Waals surface area contributed by atoms with Gasteiger partial charge in [-0.25, -0.2) is 0 Å². The smallest absolute Gasteiger partial charge is 0.0835 e. The highest BCUT2D eigenvalue weighted by atomic mass is 35.5. The van der Waals surface area contributed by atoms with E-state index in [9.17, 15) is 0 Å². The topological polar surface area (TPSA) is 0 Å². The normalized spacial score (nSPS) is 6.44. The van der Waals surface area contributed by atoms with Gasteiger partial charge in [-0.15, -0.1) is 23.2 Å². The molecule has 0 aliphatic rings. The van der Waals surface area contributed by atoms with E-state index in [4.69, 9.17) is 23.2 Å². The summed E-state index contributed by atoms with van der Waals surface area (Å²) >= 11 is 10.5. The van der Waals surface area contributed by atoms with Gasteiger partial charge in [0.2, 0.25) is 0 Å². The number of alkyl halides is 2. The quantitative estimate of drug-likeness (QED) is 0.375. The summed E-state index contributed by atoms with van der Waals surface area (Å²) in [6.07, 6.45) is 0.569. The second-order valence-electron chi connectivity index (χ2n) is 1.15. The summed E-state index contributed by atoms with van der Waals surface area (Å²) in [7, 11) is 0. The van der Waals surface area contributed by atoms with E-state index in [1.807, 2.05) is 0 Å². The van der Waals surface area contributed by atoms with Crippen LogP contribution in [0.1, 0.15) is 6.42 Å². The second kappa shape index (κ2) is 7.70. The molecule has 0 aromatic carbocycles. The Morgan fingerprint density at radius 1 is 0.778 bits per heavy atom. The van der Waals surface area contributed by atoms with E-state index in [1.54, 1.807) is 0 Å². The van der Waals surface area contributed by atoms with Crippen molar-refractivity contribution in [2.75, 3.05) is 11.8 Å². The third kappa shape index (κ3) is 7.70. The van der Waals surface area contributed by atoms with Gasteiger partial charge in [0.05, 0.1) is 18.2 Å². The van der Waals surface area contributed by atoms with Crippen LogP contribution in [0.25, 0.3) is 0 Å². The Kier molecular flexibility index (Phi) is 7.44. The molecule has 0 spiro atoms. The molecule has 0 amide bonds. The van der Waals surface area contributed by atoms with Crippen LogP contribution in [0.2, 0.25) is 0 Å². The van der Waals surface area contributed by atoms with Gasteiger partial charge < -0.3 is 0 Å². The van der Waals surface area contributed by atoms with Crippen molar-refractivity contribution < 1.29 is 0 Å². The molecule has 9 heavy (non-hydrogen) atoms. The van der Waals surface area contributed by atoms with Crippen molar-refractivity contribution in [3.8, 4) is 23.7 Å². The molecule has 0 N–H and O–H groups in total. The second-order valence-corrected chi connectivity index (χ2v) is 1.69. The third-order valence-corrected chi connectivity index (χ3v) is 0.828. The van der Waals surface area contributed by atoms with Gasteiger partial charge in [-0.3, -0.25) is 0 Å². The zero-order valence-corrected chi connectivity index (χ0v) is 6.39. The lowest BCUT2D eigenvalue weighted by Gasteiger charge is -1.69. The van der Waals surface area contributed by atoms with E-state index in [0.29, 0.717) is 18.2 Å². The third-order valence-electron chi connectivity index (χ3n) is 0.560. The summed E-state index contributed by atoms with van der Waals surface area (Å²) in [5.74, 6) is 11.6. The predicted octanol–water partition coefficient (Wildman–Crippen LogP) is 1.86. The largest absolute Gasteiger partial charge is 0.113 e. The monoisotopic (exact) mass is 160 g/mol. The van der Waals surface area contributed by atoms with Gasteiger partial charge in [-0.05, 0) is 0 Å². The molecule has 0 radical (unpaired) electrons. The highest BCUT2D eigenvalue weighted by Crippen LogP contribution is 1.74. The van der Waals surface area contributed by atoms with Crippen LogP contribution in [-0.2, 0) is 0 Å². The van der Waals surface area contributed by atoms with Crippen LogP contribution in [-0.4, -0.2) is 11.8 Å². The maximum atomic E-state index is 5.27. The van der Waals surface area contributed by atoms with Crippen molar-refractivity contribution in [3.63, 3.8) is 0 Å². The highest BCUT2D eigenvalue weighted by Gasteiger charge is 1.65. The Morgan fingerprint density at radius 3 is 1.56 bits per heavy atom. The van der Waals surface area contributed by atoms with Gasteiger partial charge in [0.1, 0.15) is 0 Å². The zero-order valence-electron chi connectivity index (χ0n) is 4.88. The molecular formula is C7H6Cl2. The van der Waals surface area contributed by atoms with Crippen LogP contribution in [0.3, 0.4) is 0 Å². The van der Waals surface area contributed by atoms with E-state index < -0.39 is 0 Å². The molecule has 0 aromatic heterocycles. The van der Waals surface area contributed by atoms with Gasteiger partial charge in [0.25, 0.3) is 0 Å². The molecule has 0 heterocycles. The Balaban J connectivity index is 3.28. The number of hydrogen-bond acceptors (Lipinski definition) is 0. The molecule has 0 aliphatic carbocycles. The van der Waals surface area contributed by atoms with Gasteiger partial charge in [0.15, 0.2) is 0 Å². The van der Waals surface area contributed by atoms with Crippen LogP contribution in [0.4, 0.5) is 0 Å². The average Bonchev–Trinajstić information content (AvgIpc) is 1.89. The van der Waals surface area contributed by atoms with Crippen molar-refractivity contribution in [2.45, 2.75) is 6.42 Å².